The Morgan fingerprint density at radius 1 is 1.31 bits per heavy atom. The number of nitrogens with zero attached hydrogens (tertiary/aromatic N) is 1. The molecule has 3 rings (SSSR count). The van der Waals surface area contributed by atoms with E-state index in [0.29, 0.717) is 12.2 Å². The summed E-state index contributed by atoms with van der Waals surface area (Å²) >= 11 is -1.93. The highest BCUT2D eigenvalue weighted by atomic mass is 32.2. The van der Waals surface area contributed by atoms with Crippen LogP contribution in [0.3, 0.4) is 0 Å². The van der Waals surface area contributed by atoms with Crippen LogP contribution in [0.2, 0.25) is 0 Å². The van der Waals surface area contributed by atoms with Crippen molar-refractivity contribution in [3.8, 4) is 5.75 Å². The van der Waals surface area contributed by atoms with Crippen molar-refractivity contribution < 1.29 is 23.5 Å². The quantitative estimate of drug-likeness (QED) is 0.357. The normalized spacial score (nSPS) is 22.1. The third kappa shape index (κ3) is 6.13. The highest BCUT2D eigenvalue weighted by molar-refractivity contribution is 7.79. The molecule has 1 heterocycles. The highest BCUT2D eigenvalue weighted by Gasteiger charge is 2.54. The van der Waals surface area contributed by atoms with Gasteiger partial charge >= 0.3 is 0 Å². The Hall–Kier alpha value is -2.72. The lowest BCUT2D eigenvalue weighted by atomic mass is 10.0. The van der Waals surface area contributed by atoms with Crippen LogP contribution >= 0.6 is 0 Å². The van der Waals surface area contributed by atoms with Crippen molar-refractivity contribution in [2.45, 2.75) is 12.3 Å². The Balaban J connectivity index is 0.000000438. The lowest BCUT2D eigenvalue weighted by Crippen LogP contribution is -2.60. The smallest absolute Gasteiger partial charge is 0.273 e. The largest absolute Gasteiger partial charge is 0.772 e. The summed E-state index contributed by atoms with van der Waals surface area (Å²) in [5.74, 6) is -2.08. The Morgan fingerprint density at radius 3 is 2.38 bits per heavy atom. The van der Waals surface area contributed by atoms with E-state index in [4.69, 9.17) is 10.5 Å². The van der Waals surface area contributed by atoms with Gasteiger partial charge in [-0.15, -0.1) is 11.6 Å². The molecule has 0 aromatic heterocycles. The molecule has 0 bridgehead atoms. The zero-order valence-corrected chi connectivity index (χ0v) is 16.6. The average molecular weight is 418 g/mol. The van der Waals surface area contributed by atoms with Gasteiger partial charge in [0.25, 0.3) is 5.85 Å². The lowest BCUT2D eigenvalue weighted by Gasteiger charge is -2.39. The van der Waals surface area contributed by atoms with Gasteiger partial charge in [0.05, 0.1) is 0 Å². The van der Waals surface area contributed by atoms with Crippen LogP contribution in [0.25, 0.3) is 0 Å². The van der Waals surface area contributed by atoms with Crippen LogP contribution in [-0.2, 0) is 15.9 Å². The number of amides is 1. The van der Waals surface area contributed by atoms with Crippen LogP contribution in [0.5, 0.6) is 5.75 Å². The van der Waals surface area contributed by atoms with Gasteiger partial charge in [0.2, 0.25) is 5.91 Å². The number of benzene rings is 2. The highest BCUT2D eigenvalue weighted by Crippen LogP contribution is 2.36. The van der Waals surface area contributed by atoms with Crippen LogP contribution in [0.1, 0.15) is 6.42 Å². The molecule has 0 aliphatic carbocycles. The Bertz CT molecular complexity index is 778. The topological polar surface area (TPSA) is 128 Å². The number of nitrogens with two attached hydrogens (primary N) is 1. The molecule has 1 fully saturated rings. The maximum absolute atomic E-state index is 11.9. The molecule has 0 saturated carbocycles. The summed E-state index contributed by atoms with van der Waals surface area (Å²) in [4.78, 5) is 11.9. The molecule has 9 heteroatoms. The molecule has 1 aliphatic rings. The van der Waals surface area contributed by atoms with Crippen molar-refractivity contribution in [2.24, 2.45) is 11.7 Å². The standard InChI is InChI=1S/C17H19N3O3.C3H6O2S/c18-16(21)15-11-12-20(22)17(15,19-13-7-3-1-4-8-13)23-14-9-5-2-6-10-14;1-2-3-6(4)5/h1-10,15,19,22H,11-12H2,(H2,18,21);2H,1,3H2,(H,4,5)/p-1/t15?,17-;/m1./s1. The number of hydrogen-bond donors (Lipinski definition) is 3. The van der Waals surface area contributed by atoms with Gasteiger partial charge in [0.15, 0.2) is 0 Å². The predicted octanol–water partition coefficient (Wildman–Crippen LogP) is 2.08. The number of hydroxylamine groups is 2. The van der Waals surface area contributed by atoms with E-state index in [0.717, 1.165) is 10.8 Å². The van der Waals surface area contributed by atoms with E-state index in [1.807, 2.05) is 48.5 Å². The van der Waals surface area contributed by atoms with Crippen LogP contribution in [0.15, 0.2) is 73.3 Å². The molecule has 1 amide bonds. The molecule has 29 heavy (non-hydrogen) atoms. The summed E-state index contributed by atoms with van der Waals surface area (Å²) in [6.45, 7) is 3.49. The Labute approximate surface area is 172 Å². The molecule has 4 N–H and O–H groups in total. The fourth-order valence-electron chi connectivity index (χ4n) is 2.92. The molecule has 1 saturated heterocycles. The fourth-order valence-corrected chi connectivity index (χ4v) is 3.11. The minimum atomic E-state index is -1.93. The fraction of sp³-hybridized carbons (Fsp3) is 0.250. The minimum Gasteiger partial charge on any atom is -0.772 e. The number of ether oxygens (including phenoxy) is 1. The number of hydrogen-bond acceptors (Lipinski definition) is 7. The zero-order valence-electron chi connectivity index (χ0n) is 15.8. The first-order chi connectivity index (χ1) is 13.9. The van der Waals surface area contributed by atoms with Crippen molar-refractivity contribution >= 4 is 22.7 Å². The number of carbonyl (C=O) groups is 1. The first-order valence-corrected chi connectivity index (χ1v) is 10.1. The third-order valence-corrected chi connectivity index (χ3v) is 4.70. The van der Waals surface area contributed by atoms with Crippen LogP contribution in [-0.4, -0.2) is 43.1 Å². The van der Waals surface area contributed by atoms with Crippen molar-refractivity contribution in [3.63, 3.8) is 0 Å². The van der Waals surface area contributed by atoms with Crippen molar-refractivity contribution in [3.05, 3.63) is 73.3 Å². The van der Waals surface area contributed by atoms with Gasteiger partial charge in [-0.2, -0.15) is 0 Å². The molecule has 8 nitrogen and oxygen atoms in total. The summed E-state index contributed by atoms with van der Waals surface area (Å²) in [5, 5.41) is 14.6. The predicted molar refractivity (Wildman–Crippen MR) is 110 cm³/mol. The second-order valence-corrected chi connectivity index (χ2v) is 7.17. The Morgan fingerprint density at radius 2 is 1.90 bits per heavy atom. The van der Waals surface area contributed by atoms with E-state index in [1.165, 1.54) is 6.08 Å². The zero-order chi connectivity index (χ0) is 21.3. The summed E-state index contributed by atoms with van der Waals surface area (Å²) in [7, 11) is 0. The second kappa shape index (κ2) is 10.7. The second-order valence-electron chi connectivity index (χ2n) is 6.23. The number of anilines is 1. The van der Waals surface area contributed by atoms with Gasteiger partial charge < -0.3 is 25.5 Å². The van der Waals surface area contributed by atoms with Crippen molar-refractivity contribution in [1.82, 2.24) is 5.06 Å². The summed E-state index contributed by atoms with van der Waals surface area (Å²) < 4.78 is 25.1. The van der Waals surface area contributed by atoms with Crippen LogP contribution in [0, 0.1) is 5.92 Å². The maximum atomic E-state index is 11.9. The van der Waals surface area contributed by atoms with E-state index >= 15 is 0 Å². The minimum absolute atomic E-state index is 0.0556. The monoisotopic (exact) mass is 418 g/mol. The number of carbonyl (C=O) groups excluding carboxylic acids is 1. The van der Waals surface area contributed by atoms with E-state index < -0.39 is 28.8 Å². The molecule has 0 spiro atoms. The number of primary amides is 1. The van der Waals surface area contributed by atoms with Gasteiger partial charge in [-0.25, -0.2) is 0 Å². The molecule has 156 valence electrons. The molecule has 0 radical (unpaired) electrons. The number of nitrogens with one attached hydrogen (secondary N) is 1. The summed E-state index contributed by atoms with van der Waals surface area (Å²) in [5.41, 5.74) is 6.26. The van der Waals surface area contributed by atoms with Crippen molar-refractivity contribution in [1.29, 1.82) is 0 Å². The Kier molecular flexibility index (Phi) is 8.34. The first-order valence-electron chi connectivity index (χ1n) is 8.89. The molecule has 2 aromatic carbocycles. The summed E-state index contributed by atoms with van der Waals surface area (Å²) in [6.07, 6.45) is 1.74. The van der Waals surface area contributed by atoms with E-state index in [-0.39, 0.29) is 12.3 Å². The molecule has 2 aromatic rings. The van der Waals surface area contributed by atoms with Gasteiger partial charge in [0.1, 0.15) is 11.7 Å². The average Bonchev–Trinajstić information content (AvgIpc) is 3.00. The molecular weight excluding hydrogens is 394 g/mol. The van der Waals surface area contributed by atoms with Crippen LogP contribution in [0.4, 0.5) is 5.69 Å². The molecule has 2 unspecified atom stereocenters. The van der Waals surface area contributed by atoms with Gasteiger partial charge in [0, 0.05) is 18.0 Å². The number of para-hydroxylation sites is 2. The summed E-state index contributed by atoms with van der Waals surface area (Å²) in [6, 6.07) is 18.3. The van der Waals surface area contributed by atoms with Crippen LogP contribution < -0.4 is 15.8 Å². The molecule has 3 atom stereocenters. The van der Waals surface area contributed by atoms with Gasteiger partial charge in [-0.3, -0.25) is 9.00 Å². The van der Waals surface area contributed by atoms with E-state index in [2.05, 4.69) is 11.9 Å². The lowest BCUT2D eigenvalue weighted by molar-refractivity contribution is -0.223. The SMILES string of the molecule is C=CCS(=O)[O-].NC(=O)C1CCN(O)[C@@]1(Nc1ccccc1)Oc1ccccc1. The van der Waals surface area contributed by atoms with Gasteiger partial charge in [-0.1, -0.05) is 53.6 Å². The molecular formula is C20H24N3O5S-. The first kappa shape index (κ1) is 22.6. The maximum Gasteiger partial charge on any atom is 0.273 e. The van der Waals surface area contributed by atoms with E-state index in [9.17, 15) is 18.8 Å². The van der Waals surface area contributed by atoms with E-state index in [1.54, 1.807) is 12.1 Å². The van der Waals surface area contributed by atoms with Crippen molar-refractivity contribution in [2.75, 3.05) is 17.6 Å². The number of rotatable bonds is 7. The van der Waals surface area contributed by atoms with Gasteiger partial charge in [-0.05, 0) is 30.7 Å². The third-order valence-electron chi connectivity index (χ3n) is 4.20. The molecule has 1 aliphatic heterocycles.